The van der Waals surface area contributed by atoms with Crippen molar-refractivity contribution >= 4 is 11.9 Å². The third-order valence-corrected chi connectivity index (χ3v) is 3.38. The van der Waals surface area contributed by atoms with Crippen molar-refractivity contribution in [3.63, 3.8) is 0 Å². The van der Waals surface area contributed by atoms with E-state index in [9.17, 15) is 9.90 Å². The summed E-state index contributed by atoms with van der Waals surface area (Å²) in [7, 11) is 0. The second-order valence-corrected chi connectivity index (χ2v) is 4.87. The Labute approximate surface area is 118 Å². The predicted molar refractivity (Wildman–Crippen MR) is 73.3 cm³/mol. The van der Waals surface area contributed by atoms with Crippen LogP contribution in [0.3, 0.4) is 0 Å². The number of ether oxygens (including phenoxy) is 2. The monoisotopic (exact) mass is 283 g/mol. The maximum atomic E-state index is 11.8. The highest BCUT2D eigenvalue weighted by atomic mass is 16.6. The molecule has 0 aliphatic carbocycles. The molecule has 7 nitrogen and oxygen atoms in total. The largest absolute Gasteiger partial charge is 0.390 e. The van der Waals surface area contributed by atoms with Crippen molar-refractivity contribution in [2.75, 3.05) is 19.8 Å². The lowest BCUT2D eigenvalue weighted by molar-refractivity contribution is -0.0737. The molecule has 0 aromatic carbocycles. The minimum atomic E-state index is -0.637. The molecule has 20 heavy (non-hydrogen) atoms. The average Bonchev–Trinajstić information content (AvgIpc) is 2.76. The van der Waals surface area contributed by atoms with Crippen LogP contribution in [-0.2, 0) is 9.47 Å². The zero-order chi connectivity index (χ0) is 14.5. The summed E-state index contributed by atoms with van der Waals surface area (Å²) in [4.78, 5) is 17.0. The summed E-state index contributed by atoms with van der Waals surface area (Å²) < 4.78 is 11.1. The lowest BCUT2D eigenvalue weighted by atomic mass is 10.2. The molecule has 0 aromatic rings. The van der Waals surface area contributed by atoms with Crippen molar-refractivity contribution in [2.24, 2.45) is 10.7 Å². The van der Waals surface area contributed by atoms with E-state index in [-0.39, 0.29) is 0 Å². The topological polar surface area (TPSA) is 97.4 Å². The van der Waals surface area contributed by atoms with Crippen LogP contribution in [0.2, 0.25) is 0 Å². The maximum absolute atomic E-state index is 11.8. The molecule has 7 heteroatoms. The number of hydrogen-bond acceptors (Lipinski definition) is 5. The third kappa shape index (κ3) is 3.56. The molecule has 2 rings (SSSR count). The number of hydrogen-bond donors (Lipinski definition) is 2. The molecular weight excluding hydrogens is 262 g/mol. The molecule has 0 saturated carbocycles. The summed E-state index contributed by atoms with van der Waals surface area (Å²) in [5, 5.41) is 9.96. The van der Waals surface area contributed by atoms with E-state index in [1.54, 1.807) is 0 Å². The predicted octanol–water partition coefficient (Wildman–Crippen LogP) is 0.238. The quantitative estimate of drug-likeness (QED) is 0.556. The minimum absolute atomic E-state index is 0.301. The summed E-state index contributed by atoms with van der Waals surface area (Å²) in [6.45, 7) is 3.17. The first kappa shape index (κ1) is 15.0. The average molecular weight is 283 g/mol. The van der Waals surface area contributed by atoms with E-state index >= 15 is 0 Å². The van der Waals surface area contributed by atoms with Gasteiger partial charge in [-0.2, -0.15) is 4.99 Å². The Balaban J connectivity index is 1.85. The van der Waals surface area contributed by atoms with Gasteiger partial charge in [-0.25, -0.2) is 4.79 Å². The molecule has 3 unspecified atom stereocenters. The van der Waals surface area contributed by atoms with Crippen LogP contribution in [0.15, 0.2) is 17.1 Å². The molecular formula is C13H21N3O4. The molecule has 0 bridgehead atoms. The number of urea groups is 1. The van der Waals surface area contributed by atoms with Gasteiger partial charge in [-0.3, -0.25) is 4.90 Å². The highest BCUT2D eigenvalue weighted by Crippen LogP contribution is 2.25. The van der Waals surface area contributed by atoms with Gasteiger partial charge >= 0.3 is 6.03 Å². The van der Waals surface area contributed by atoms with Gasteiger partial charge in [0.1, 0.15) is 18.2 Å². The van der Waals surface area contributed by atoms with Crippen molar-refractivity contribution < 1.29 is 19.4 Å². The number of aliphatic imine (C=N–C) groups is 1. The van der Waals surface area contributed by atoms with E-state index in [2.05, 4.69) is 4.99 Å². The van der Waals surface area contributed by atoms with Gasteiger partial charge in [-0.15, -0.1) is 0 Å². The number of nitrogens with zero attached hydrogens (tertiary/aromatic N) is 2. The molecule has 3 N–H and O–H groups in total. The fourth-order valence-electron chi connectivity index (χ4n) is 2.25. The zero-order valence-corrected chi connectivity index (χ0v) is 11.6. The van der Waals surface area contributed by atoms with Gasteiger partial charge in [0.15, 0.2) is 0 Å². The zero-order valence-electron chi connectivity index (χ0n) is 11.6. The van der Waals surface area contributed by atoms with Gasteiger partial charge in [0.05, 0.1) is 19.3 Å². The summed E-state index contributed by atoms with van der Waals surface area (Å²) >= 11 is 0. The van der Waals surface area contributed by atoms with Crippen LogP contribution < -0.4 is 5.73 Å². The molecule has 2 heterocycles. The molecule has 1 saturated heterocycles. The second-order valence-electron chi connectivity index (χ2n) is 4.87. The van der Waals surface area contributed by atoms with Gasteiger partial charge in [0.2, 0.25) is 0 Å². The van der Waals surface area contributed by atoms with Gasteiger partial charge in [-0.1, -0.05) is 12.2 Å². The van der Waals surface area contributed by atoms with Crippen LogP contribution in [0.4, 0.5) is 4.79 Å². The molecule has 0 aromatic heterocycles. The molecule has 3 atom stereocenters. The van der Waals surface area contributed by atoms with Crippen LogP contribution in [0.1, 0.15) is 19.8 Å². The fourth-order valence-corrected chi connectivity index (χ4v) is 2.25. The highest BCUT2D eigenvalue weighted by Gasteiger charge is 2.39. The third-order valence-electron chi connectivity index (χ3n) is 3.38. The van der Waals surface area contributed by atoms with Gasteiger partial charge in [0, 0.05) is 19.4 Å². The normalized spacial score (nSPS) is 31.1. The van der Waals surface area contributed by atoms with Crippen LogP contribution in [-0.4, -0.2) is 60.1 Å². The Morgan fingerprint density at radius 3 is 3.15 bits per heavy atom. The molecule has 112 valence electrons. The highest BCUT2D eigenvalue weighted by molar-refractivity contribution is 5.95. The van der Waals surface area contributed by atoms with Gasteiger partial charge in [-0.05, 0) is 6.92 Å². The van der Waals surface area contributed by atoms with Crippen LogP contribution in [0, 0.1) is 0 Å². The molecule has 0 radical (unpaired) electrons. The van der Waals surface area contributed by atoms with E-state index < -0.39 is 24.5 Å². The SMILES string of the molecule is CC=CCOCC1OC(N2CCC(N)=NC2=O)CC1O. The lowest BCUT2D eigenvalue weighted by Gasteiger charge is -2.29. The molecule has 2 aliphatic heterocycles. The van der Waals surface area contributed by atoms with Crippen LogP contribution in [0.25, 0.3) is 0 Å². The van der Waals surface area contributed by atoms with Crippen LogP contribution >= 0.6 is 0 Å². The fraction of sp³-hybridized carbons (Fsp3) is 0.692. The Bertz CT molecular complexity index is 410. The molecule has 2 amide bonds. The van der Waals surface area contributed by atoms with E-state index in [4.69, 9.17) is 15.2 Å². The van der Waals surface area contributed by atoms with Gasteiger partial charge in [0.25, 0.3) is 0 Å². The number of carbonyl (C=O) groups is 1. The first-order chi connectivity index (χ1) is 9.61. The van der Waals surface area contributed by atoms with Gasteiger partial charge < -0.3 is 20.3 Å². The van der Waals surface area contributed by atoms with E-state index in [1.165, 1.54) is 4.90 Å². The van der Waals surface area contributed by atoms with E-state index in [1.807, 2.05) is 19.1 Å². The second kappa shape index (κ2) is 6.83. The summed E-state index contributed by atoms with van der Waals surface area (Å²) in [5.74, 6) is 0.344. The number of rotatable bonds is 5. The van der Waals surface area contributed by atoms with Crippen molar-refractivity contribution in [3.8, 4) is 0 Å². The summed E-state index contributed by atoms with van der Waals surface area (Å²) in [6, 6.07) is -0.401. The maximum Gasteiger partial charge on any atom is 0.347 e. The van der Waals surface area contributed by atoms with Crippen molar-refractivity contribution in [1.82, 2.24) is 4.90 Å². The molecule has 1 fully saturated rings. The number of aliphatic hydroxyl groups excluding tert-OH is 1. The van der Waals surface area contributed by atoms with Crippen molar-refractivity contribution in [1.29, 1.82) is 0 Å². The van der Waals surface area contributed by atoms with Crippen molar-refractivity contribution in [2.45, 2.75) is 38.2 Å². The first-order valence-corrected chi connectivity index (χ1v) is 6.78. The lowest BCUT2D eigenvalue weighted by Crippen LogP contribution is -2.44. The number of carbonyl (C=O) groups excluding carboxylic acids is 1. The summed E-state index contributed by atoms with van der Waals surface area (Å²) in [5.41, 5.74) is 5.52. The Hall–Kier alpha value is -1.44. The number of allylic oxidation sites excluding steroid dienone is 1. The minimum Gasteiger partial charge on any atom is -0.390 e. The van der Waals surface area contributed by atoms with Crippen LogP contribution in [0.5, 0.6) is 0 Å². The Kier molecular flexibility index (Phi) is 5.11. The number of aliphatic hydroxyl groups is 1. The summed E-state index contributed by atoms with van der Waals surface area (Å²) in [6.07, 6.45) is 3.17. The van der Waals surface area contributed by atoms with Crippen molar-refractivity contribution in [3.05, 3.63) is 12.2 Å². The Morgan fingerprint density at radius 2 is 2.45 bits per heavy atom. The number of amides is 2. The smallest absolute Gasteiger partial charge is 0.347 e. The standard InChI is InChI=1S/C13H21N3O4/c1-2-3-6-19-8-10-9(17)7-12(20-10)16-5-4-11(14)15-13(16)18/h2-3,9-10,12,17H,4-8H2,1H3,(H2,14,15,18). The Morgan fingerprint density at radius 1 is 1.65 bits per heavy atom. The number of nitrogens with two attached hydrogens (primary N) is 1. The number of amidine groups is 1. The first-order valence-electron chi connectivity index (χ1n) is 6.78. The van der Waals surface area contributed by atoms with E-state index in [0.717, 1.165) is 0 Å². The molecule has 0 spiro atoms. The van der Waals surface area contributed by atoms with E-state index in [0.29, 0.717) is 38.4 Å². The molecule has 2 aliphatic rings.